The van der Waals surface area contributed by atoms with E-state index in [-0.39, 0.29) is 12.5 Å². The van der Waals surface area contributed by atoms with Gasteiger partial charge in [0, 0.05) is 39.1 Å². The Morgan fingerprint density at radius 2 is 1.88 bits per heavy atom. The topological polar surface area (TPSA) is 72.9 Å². The van der Waals surface area contributed by atoms with Gasteiger partial charge in [-0.05, 0) is 7.05 Å². The van der Waals surface area contributed by atoms with Crippen LogP contribution in [0.1, 0.15) is 6.42 Å². The first-order valence-corrected chi connectivity index (χ1v) is 5.50. The molecule has 0 unspecified atom stereocenters. The second kappa shape index (κ2) is 6.44. The first kappa shape index (κ1) is 12.9. The third-order valence-corrected chi connectivity index (χ3v) is 2.67. The van der Waals surface area contributed by atoms with E-state index in [1.807, 2.05) is 11.9 Å². The summed E-state index contributed by atoms with van der Waals surface area (Å²) in [7, 11) is 1.82. The molecule has 1 fully saturated rings. The highest BCUT2D eigenvalue weighted by atomic mass is 16.4. The number of carbonyl (C=O) groups excluding carboxylic acids is 1. The fourth-order valence-corrected chi connectivity index (χ4v) is 1.74. The van der Waals surface area contributed by atoms with Crippen LogP contribution in [-0.4, -0.2) is 73.1 Å². The Bertz CT molecular complexity index is 250. The average Bonchev–Trinajstić information content (AvgIpc) is 2.26. The van der Waals surface area contributed by atoms with E-state index in [1.165, 1.54) is 0 Å². The molecule has 0 aromatic heterocycles. The summed E-state index contributed by atoms with van der Waals surface area (Å²) in [4.78, 5) is 25.8. The Labute approximate surface area is 95.2 Å². The van der Waals surface area contributed by atoms with Crippen molar-refractivity contribution in [3.63, 3.8) is 0 Å². The third kappa shape index (κ3) is 4.16. The fraction of sp³-hybridized carbons (Fsp3) is 0.800. The second-order valence-electron chi connectivity index (χ2n) is 3.90. The maximum Gasteiger partial charge on any atom is 0.317 e. The van der Waals surface area contributed by atoms with Crippen molar-refractivity contribution in [1.82, 2.24) is 15.1 Å². The molecule has 0 aromatic rings. The van der Waals surface area contributed by atoms with Crippen LogP contribution in [0, 0.1) is 0 Å². The summed E-state index contributed by atoms with van der Waals surface area (Å²) < 4.78 is 0. The van der Waals surface area contributed by atoms with E-state index in [0.717, 1.165) is 0 Å². The van der Waals surface area contributed by atoms with Crippen LogP contribution in [0.4, 0.5) is 0 Å². The lowest BCUT2D eigenvalue weighted by atomic mass is 10.2. The van der Waals surface area contributed by atoms with Crippen molar-refractivity contribution in [3.8, 4) is 0 Å². The monoisotopic (exact) mass is 229 g/mol. The highest BCUT2D eigenvalue weighted by Crippen LogP contribution is 2.03. The molecule has 1 rings (SSSR count). The highest BCUT2D eigenvalue weighted by molar-refractivity contribution is 5.76. The van der Waals surface area contributed by atoms with Crippen LogP contribution >= 0.6 is 0 Å². The van der Waals surface area contributed by atoms with E-state index in [4.69, 9.17) is 5.11 Å². The van der Waals surface area contributed by atoms with Gasteiger partial charge >= 0.3 is 5.97 Å². The minimum absolute atomic E-state index is 0.0680. The predicted octanol–water partition coefficient (Wildman–Crippen LogP) is -1.18. The quantitative estimate of drug-likeness (QED) is 0.621. The van der Waals surface area contributed by atoms with E-state index in [9.17, 15) is 9.59 Å². The molecule has 0 aliphatic carbocycles. The molecular formula is C10H19N3O3. The number of hydrogen-bond acceptors (Lipinski definition) is 4. The number of carboxylic acid groups (broad SMARTS) is 1. The van der Waals surface area contributed by atoms with E-state index < -0.39 is 5.97 Å². The molecule has 1 amide bonds. The maximum atomic E-state index is 11.6. The van der Waals surface area contributed by atoms with Gasteiger partial charge in [0.15, 0.2) is 0 Å². The number of nitrogens with zero attached hydrogens (tertiary/aromatic N) is 2. The van der Waals surface area contributed by atoms with Gasteiger partial charge in [-0.1, -0.05) is 0 Å². The summed E-state index contributed by atoms with van der Waals surface area (Å²) >= 11 is 0. The number of aliphatic carboxylic acids is 1. The Balaban J connectivity index is 2.25. The minimum Gasteiger partial charge on any atom is -0.480 e. The van der Waals surface area contributed by atoms with Crippen LogP contribution in [0.3, 0.4) is 0 Å². The van der Waals surface area contributed by atoms with Gasteiger partial charge in [0.05, 0.1) is 6.54 Å². The SMILES string of the molecule is CNCCC(=O)N1CCN(CC(=O)O)CC1. The lowest BCUT2D eigenvalue weighted by Crippen LogP contribution is -2.50. The zero-order chi connectivity index (χ0) is 12.0. The van der Waals surface area contributed by atoms with Gasteiger partial charge in [0.2, 0.25) is 5.91 Å². The Hall–Kier alpha value is -1.14. The molecule has 6 nitrogen and oxygen atoms in total. The predicted molar refractivity (Wildman–Crippen MR) is 59.2 cm³/mol. The van der Waals surface area contributed by atoms with Crippen LogP contribution in [0.25, 0.3) is 0 Å². The van der Waals surface area contributed by atoms with Crippen LogP contribution in [0.15, 0.2) is 0 Å². The van der Waals surface area contributed by atoms with E-state index in [2.05, 4.69) is 5.32 Å². The van der Waals surface area contributed by atoms with Gasteiger partial charge in [0.25, 0.3) is 0 Å². The van der Waals surface area contributed by atoms with Gasteiger partial charge in [-0.25, -0.2) is 0 Å². The summed E-state index contributed by atoms with van der Waals surface area (Å²) in [5.41, 5.74) is 0. The zero-order valence-corrected chi connectivity index (χ0v) is 9.61. The first-order chi connectivity index (χ1) is 7.63. The van der Waals surface area contributed by atoms with Crippen molar-refractivity contribution >= 4 is 11.9 Å². The van der Waals surface area contributed by atoms with Crippen molar-refractivity contribution in [1.29, 1.82) is 0 Å². The Kier molecular flexibility index (Phi) is 5.21. The van der Waals surface area contributed by atoms with Gasteiger partial charge in [-0.3, -0.25) is 14.5 Å². The van der Waals surface area contributed by atoms with Gasteiger partial charge in [-0.2, -0.15) is 0 Å². The molecule has 0 aromatic carbocycles. The van der Waals surface area contributed by atoms with E-state index in [0.29, 0.717) is 39.1 Å². The van der Waals surface area contributed by atoms with Crippen LogP contribution < -0.4 is 5.32 Å². The molecule has 1 heterocycles. The third-order valence-electron chi connectivity index (χ3n) is 2.67. The molecule has 0 spiro atoms. The van der Waals surface area contributed by atoms with E-state index >= 15 is 0 Å². The van der Waals surface area contributed by atoms with Crippen molar-refractivity contribution in [2.75, 3.05) is 46.3 Å². The molecule has 16 heavy (non-hydrogen) atoms. The Morgan fingerprint density at radius 1 is 1.25 bits per heavy atom. The van der Waals surface area contributed by atoms with Crippen molar-refractivity contribution in [3.05, 3.63) is 0 Å². The molecular weight excluding hydrogens is 210 g/mol. The van der Waals surface area contributed by atoms with Gasteiger partial charge < -0.3 is 15.3 Å². The summed E-state index contributed by atoms with van der Waals surface area (Å²) in [5, 5.41) is 11.6. The summed E-state index contributed by atoms with van der Waals surface area (Å²) in [6, 6.07) is 0. The molecule has 0 radical (unpaired) electrons. The van der Waals surface area contributed by atoms with Crippen LogP contribution in [0.2, 0.25) is 0 Å². The molecule has 0 bridgehead atoms. The smallest absolute Gasteiger partial charge is 0.317 e. The number of nitrogens with one attached hydrogen (secondary N) is 1. The standard InChI is InChI=1S/C10H19N3O3/c1-11-3-2-9(14)13-6-4-12(5-7-13)8-10(15)16/h11H,2-8H2,1H3,(H,15,16). The maximum absolute atomic E-state index is 11.6. The highest BCUT2D eigenvalue weighted by Gasteiger charge is 2.21. The number of amides is 1. The molecule has 0 saturated carbocycles. The summed E-state index contributed by atoms with van der Waals surface area (Å²) in [6.07, 6.45) is 0.509. The van der Waals surface area contributed by atoms with Crippen molar-refractivity contribution < 1.29 is 14.7 Å². The summed E-state index contributed by atoms with van der Waals surface area (Å²) in [5.74, 6) is -0.667. The number of hydrogen-bond donors (Lipinski definition) is 2. The van der Waals surface area contributed by atoms with Crippen LogP contribution in [-0.2, 0) is 9.59 Å². The first-order valence-electron chi connectivity index (χ1n) is 5.50. The fourth-order valence-electron chi connectivity index (χ4n) is 1.74. The van der Waals surface area contributed by atoms with Crippen molar-refractivity contribution in [2.45, 2.75) is 6.42 Å². The van der Waals surface area contributed by atoms with Crippen LogP contribution in [0.5, 0.6) is 0 Å². The van der Waals surface area contributed by atoms with Crippen molar-refractivity contribution in [2.24, 2.45) is 0 Å². The largest absolute Gasteiger partial charge is 0.480 e. The molecule has 1 saturated heterocycles. The Morgan fingerprint density at radius 3 is 2.38 bits per heavy atom. The molecule has 0 atom stereocenters. The second-order valence-corrected chi connectivity index (χ2v) is 3.90. The molecule has 1 aliphatic heterocycles. The van der Waals surface area contributed by atoms with E-state index in [1.54, 1.807) is 4.90 Å². The number of carboxylic acids is 1. The molecule has 1 aliphatic rings. The average molecular weight is 229 g/mol. The number of carbonyl (C=O) groups is 2. The summed E-state index contributed by atoms with van der Waals surface area (Å²) in [6.45, 7) is 3.33. The zero-order valence-electron chi connectivity index (χ0n) is 9.61. The number of rotatable bonds is 5. The number of piperazine rings is 1. The van der Waals surface area contributed by atoms with Gasteiger partial charge in [0.1, 0.15) is 0 Å². The normalized spacial score (nSPS) is 17.4. The molecule has 92 valence electrons. The lowest BCUT2D eigenvalue weighted by molar-refractivity contribution is -0.139. The molecule has 2 N–H and O–H groups in total. The molecule has 6 heteroatoms. The lowest BCUT2D eigenvalue weighted by Gasteiger charge is -2.33. The van der Waals surface area contributed by atoms with Gasteiger partial charge in [-0.15, -0.1) is 0 Å². The minimum atomic E-state index is -0.810.